The molecule has 0 aliphatic heterocycles. The van der Waals surface area contributed by atoms with E-state index in [9.17, 15) is 8.78 Å². The van der Waals surface area contributed by atoms with Crippen LogP contribution < -0.4 is 0 Å². The Hall–Kier alpha value is 0.0400. The fraction of sp³-hybridized carbons (Fsp3) is 0.500. The molecule has 4 heteroatoms. The Labute approximate surface area is 82.7 Å². The molecule has 1 heterocycles. The van der Waals surface area contributed by atoms with Crippen molar-refractivity contribution in [2.24, 2.45) is 5.92 Å². The first-order chi connectivity index (χ1) is 5.44. The summed E-state index contributed by atoms with van der Waals surface area (Å²) in [6.45, 7) is 3.04. The second-order valence-electron chi connectivity index (χ2n) is 2.88. The van der Waals surface area contributed by atoms with E-state index in [1.165, 1.54) is 19.9 Å². The van der Waals surface area contributed by atoms with Gasteiger partial charge in [0.1, 0.15) is 0 Å². The van der Waals surface area contributed by atoms with Gasteiger partial charge in [-0.25, -0.2) is 8.78 Å². The van der Waals surface area contributed by atoms with E-state index in [2.05, 4.69) is 15.9 Å². The third-order valence-electron chi connectivity index (χ3n) is 1.63. The summed E-state index contributed by atoms with van der Waals surface area (Å²) in [6.07, 6.45) is 0. The van der Waals surface area contributed by atoms with E-state index in [4.69, 9.17) is 0 Å². The summed E-state index contributed by atoms with van der Waals surface area (Å²) in [7, 11) is 0. The van der Waals surface area contributed by atoms with Crippen molar-refractivity contribution in [3.8, 4) is 0 Å². The number of halogens is 3. The number of thiophene rings is 1. The predicted octanol–water partition coefficient (Wildman–Crippen LogP) is 4.26. The molecule has 68 valence electrons. The minimum absolute atomic E-state index is 0.129. The Morgan fingerprint density at radius 3 is 2.33 bits per heavy atom. The third kappa shape index (κ3) is 1.85. The van der Waals surface area contributed by atoms with Gasteiger partial charge in [-0.2, -0.15) is 0 Å². The molecule has 0 aliphatic carbocycles. The van der Waals surface area contributed by atoms with E-state index in [1.54, 1.807) is 6.07 Å². The number of hydrogen-bond acceptors (Lipinski definition) is 1. The van der Waals surface area contributed by atoms with Crippen LogP contribution in [0.1, 0.15) is 18.7 Å². The predicted molar refractivity (Wildman–Crippen MR) is 50.8 cm³/mol. The third-order valence-corrected chi connectivity index (χ3v) is 3.34. The summed E-state index contributed by atoms with van der Waals surface area (Å²) in [4.78, 5) is 0.129. The first-order valence-electron chi connectivity index (χ1n) is 3.58. The molecule has 1 rings (SSSR count). The fourth-order valence-corrected chi connectivity index (χ4v) is 2.29. The largest absolute Gasteiger partial charge is 0.284 e. The topological polar surface area (TPSA) is 0 Å². The zero-order valence-corrected chi connectivity index (χ0v) is 9.18. The van der Waals surface area contributed by atoms with Gasteiger partial charge in [0.25, 0.3) is 5.92 Å². The first-order valence-corrected chi connectivity index (χ1v) is 5.19. The molecule has 0 radical (unpaired) electrons. The zero-order chi connectivity index (χ0) is 9.35. The van der Waals surface area contributed by atoms with Crippen molar-refractivity contribution in [1.82, 2.24) is 0 Å². The summed E-state index contributed by atoms with van der Waals surface area (Å²) >= 11 is 4.25. The fourth-order valence-electron chi connectivity index (χ4n) is 0.778. The van der Waals surface area contributed by atoms with Crippen LogP contribution in [0.15, 0.2) is 15.9 Å². The average Bonchev–Trinajstić information content (AvgIpc) is 2.35. The lowest BCUT2D eigenvalue weighted by Crippen LogP contribution is -2.19. The molecule has 0 fully saturated rings. The van der Waals surface area contributed by atoms with Gasteiger partial charge >= 0.3 is 0 Å². The maximum absolute atomic E-state index is 13.3. The van der Waals surface area contributed by atoms with E-state index < -0.39 is 11.8 Å². The Bertz CT molecular complexity index is 268. The second-order valence-corrected chi connectivity index (χ2v) is 5.34. The van der Waals surface area contributed by atoms with Crippen molar-refractivity contribution in [1.29, 1.82) is 0 Å². The van der Waals surface area contributed by atoms with Crippen molar-refractivity contribution < 1.29 is 8.78 Å². The molecular weight excluding hydrogens is 246 g/mol. The van der Waals surface area contributed by atoms with Gasteiger partial charge in [0.2, 0.25) is 0 Å². The van der Waals surface area contributed by atoms with Gasteiger partial charge in [-0.3, -0.25) is 0 Å². The lowest BCUT2D eigenvalue weighted by molar-refractivity contribution is -0.0477. The maximum Gasteiger partial charge on any atom is 0.284 e. The molecule has 0 N–H and O–H groups in total. The normalized spacial score (nSPS) is 12.5. The monoisotopic (exact) mass is 254 g/mol. The van der Waals surface area contributed by atoms with Crippen molar-refractivity contribution >= 4 is 27.3 Å². The quantitative estimate of drug-likeness (QED) is 0.740. The van der Waals surface area contributed by atoms with Crippen LogP contribution in [0.2, 0.25) is 0 Å². The minimum Gasteiger partial charge on any atom is -0.200 e. The van der Waals surface area contributed by atoms with E-state index in [0.29, 0.717) is 0 Å². The molecule has 0 amide bonds. The Morgan fingerprint density at radius 2 is 2.00 bits per heavy atom. The van der Waals surface area contributed by atoms with Crippen molar-refractivity contribution in [2.45, 2.75) is 19.8 Å². The number of rotatable bonds is 2. The van der Waals surface area contributed by atoms with E-state index in [0.717, 1.165) is 15.1 Å². The standard InChI is InChI=1S/C8H9BrF2S/c1-5(2)8(10,11)6-3-4-7(9)12-6/h3-5H,1-2H3. The van der Waals surface area contributed by atoms with Gasteiger partial charge in [0.05, 0.1) is 8.66 Å². The summed E-state index contributed by atoms with van der Waals surface area (Å²) in [6, 6.07) is 3.12. The molecule has 0 saturated carbocycles. The molecule has 0 aromatic carbocycles. The van der Waals surface area contributed by atoms with Gasteiger partial charge in [0.15, 0.2) is 0 Å². The molecular formula is C8H9BrF2S. The molecule has 0 bridgehead atoms. The highest BCUT2D eigenvalue weighted by molar-refractivity contribution is 9.11. The summed E-state index contributed by atoms with van der Waals surface area (Å²) in [5, 5.41) is 0. The van der Waals surface area contributed by atoms with Crippen LogP contribution in [-0.2, 0) is 5.92 Å². The van der Waals surface area contributed by atoms with Gasteiger partial charge in [-0.1, -0.05) is 13.8 Å². The van der Waals surface area contributed by atoms with Gasteiger partial charge < -0.3 is 0 Å². The van der Waals surface area contributed by atoms with E-state index in [-0.39, 0.29) is 4.88 Å². The molecule has 1 aromatic rings. The number of alkyl halides is 2. The summed E-state index contributed by atoms with van der Waals surface area (Å²) < 4.78 is 27.3. The maximum atomic E-state index is 13.3. The average molecular weight is 255 g/mol. The van der Waals surface area contributed by atoms with Crippen LogP contribution in [-0.4, -0.2) is 0 Å². The zero-order valence-electron chi connectivity index (χ0n) is 6.77. The van der Waals surface area contributed by atoms with Crippen molar-refractivity contribution in [3.63, 3.8) is 0 Å². The van der Waals surface area contributed by atoms with Crippen LogP contribution in [0.5, 0.6) is 0 Å². The lowest BCUT2D eigenvalue weighted by atomic mass is 10.1. The van der Waals surface area contributed by atoms with Crippen LogP contribution >= 0.6 is 27.3 Å². The van der Waals surface area contributed by atoms with Crippen molar-refractivity contribution in [2.75, 3.05) is 0 Å². The lowest BCUT2D eigenvalue weighted by Gasteiger charge is -2.18. The highest BCUT2D eigenvalue weighted by atomic mass is 79.9. The Kier molecular flexibility index (Phi) is 2.88. The molecule has 0 unspecified atom stereocenters. The van der Waals surface area contributed by atoms with E-state index in [1.807, 2.05) is 0 Å². The van der Waals surface area contributed by atoms with Crippen LogP contribution in [0.4, 0.5) is 8.78 Å². The Morgan fingerprint density at radius 1 is 1.42 bits per heavy atom. The molecule has 0 saturated heterocycles. The van der Waals surface area contributed by atoms with Gasteiger partial charge in [-0.05, 0) is 28.1 Å². The highest BCUT2D eigenvalue weighted by Crippen LogP contribution is 2.40. The van der Waals surface area contributed by atoms with Crippen LogP contribution in [0.3, 0.4) is 0 Å². The number of hydrogen-bond donors (Lipinski definition) is 0. The van der Waals surface area contributed by atoms with Crippen LogP contribution in [0.25, 0.3) is 0 Å². The highest BCUT2D eigenvalue weighted by Gasteiger charge is 2.36. The van der Waals surface area contributed by atoms with Crippen molar-refractivity contribution in [3.05, 3.63) is 20.8 Å². The molecule has 0 nitrogen and oxygen atoms in total. The summed E-state index contributed by atoms with van der Waals surface area (Å²) in [5.41, 5.74) is 0. The summed E-state index contributed by atoms with van der Waals surface area (Å²) in [5.74, 6) is -3.35. The van der Waals surface area contributed by atoms with Crippen LogP contribution in [0, 0.1) is 5.92 Å². The van der Waals surface area contributed by atoms with E-state index >= 15 is 0 Å². The second kappa shape index (κ2) is 3.42. The molecule has 1 aromatic heterocycles. The molecule has 0 atom stereocenters. The molecule has 0 aliphatic rings. The Balaban J connectivity index is 2.97. The SMILES string of the molecule is CC(C)C(F)(F)c1ccc(Br)s1. The minimum atomic E-state index is -2.70. The molecule has 0 spiro atoms. The molecule has 12 heavy (non-hydrogen) atoms. The van der Waals surface area contributed by atoms with Gasteiger partial charge in [-0.15, -0.1) is 11.3 Å². The van der Waals surface area contributed by atoms with Gasteiger partial charge in [0, 0.05) is 5.92 Å². The first kappa shape index (κ1) is 10.1. The smallest absolute Gasteiger partial charge is 0.200 e.